The molecule has 2 aliphatic rings. The molecule has 1 heterocycles. The van der Waals surface area contributed by atoms with Crippen molar-refractivity contribution < 1.29 is 19.2 Å². The van der Waals surface area contributed by atoms with E-state index in [9.17, 15) is 19.7 Å². The lowest BCUT2D eigenvalue weighted by Crippen LogP contribution is -2.42. The van der Waals surface area contributed by atoms with Gasteiger partial charge in [0, 0.05) is 14.4 Å². The van der Waals surface area contributed by atoms with Gasteiger partial charge in [0.15, 0.2) is 5.41 Å². The van der Waals surface area contributed by atoms with Crippen LogP contribution in [0.2, 0.25) is 5.02 Å². The second-order valence-corrected chi connectivity index (χ2v) is 9.67. The first-order chi connectivity index (χ1) is 14.0. The Hall–Kier alpha value is -2.45. The van der Waals surface area contributed by atoms with Crippen molar-refractivity contribution in [3.05, 3.63) is 73.2 Å². The Morgan fingerprint density at radius 2 is 1.93 bits per heavy atom. The standard InChI is InChI=1S/C21H18BrClN2O5/c1-20(2,3)30-19(27)24-15-10-11(23)8-9-13(15)21(18(24)26)16(17(21)25(28)29)12-6-4-5-7-14(12)22/h4-10,16-17H,1-3H3/t16-,17+,21+/m0/s1. The molecule has 1 aliphatic carbocycles. The summed E-state index contributed by atoms with van der Waals surface area (Å²) in [6.45, 7) is 5.04. The molecule has 0 radical (unpaired) electrons. The van der Waals surface area contributed by atoms with Gasteiger partial charge >= 0.3 is 6.09 Å². The molecule has 1 aliphatic heterocycles. The van der Waals surface area contributed by atoms with E-state index in [1.54, 1.807) is 57.2 Å². The van der Waals surface area contributed by atoms with Crippen molar-refractivity contribution in [1.82, 2.24) is 0 Å². The molecule has 30 heavy (non-hydrogen) atoms. The molecule has 2 aromatic rings. The zero-order valence-electron chi connectivity index (χ0n) is 16.4. The summed E-state index contributed by atoms with van der Waals surface area (Å²) in [6.07, 6.45) is -0.882. The number of rotatable bonds is 2. The summed E-state index contributed by atoms with van der Waals surface area (Å²) < 4.78 is 6.08. The van der Waals surface area contributed by atoms with Crippen molar-refractivity contribution in [2.75, 3.05) is 4.90 Å². The summed E-state index contributed by atoms with van der Waals surface area (Å²) in [5, 5.41) is 12.3. The fraction of sp³-hybridized carbons (Fsp3) is 0.333. The maximum atomic E-state index is 13.7. The van der Waals surface area contributed by atoms with Gasteiger partial charge < -0.3 is 4.74 Å². The van der Waals surface area contributed by atoms with Crippen LogP contribution in [0.1, 0.15) is 37.8 Å². The van der Waals surface area contributed by atoms with Crippen LogP contribution >= 0.6 is 27.5 Å². The van der Waals surface area contributed by atoms with Crippen molar-refractivity contribution in [3.8, 4) is 0 Å². The van der Waals surface area contributed by atoms with Gasteiger partial charge in [-0.25, -0.2) is 9.69 Å². The smallest absolute Gasteiger partial charge is 0.421 e. The molecule has 1 spiro atoms. The molecule has 0 aromatic heterocycles. The Labute approximate surface area is 186 Å². The van der Waals surface area contributed by atoms with Crippen LogP contribution in [0.4, 0.5) is 10.5 Å². The molecule has 4 rings (SSSR count). The van der Waals surface area contributed by atoms with Crippen molar-refractivity contribution >= 4 is 45.2 Å². The number of benzene rings is 2. The van der Waals surface area contributed by atoms with Crippen molar-refractivity contribution in [2.45, 2.75) is 43.7 Å². The summed E-state index contributed by atoms with van der Waals surface area (Å²) in [5.41, 5.74) is -1.07. The van der Waals surface area contributed by atoms with Crippen LogP contribution in [0.25, 0.3) is 0 Å². The third-order valence-corrected chi connectivity index (χ3v) is 6.37. The lowest BCUT2D eigenvalue weighted by atomic mass is 9.92. The minimum absolute atomic E-state index is 0.225. The molecular weight excluding hydrogens is 476 g/mol. The van der Waals surface area contributed by atoms with Gasteiger partial charge in [0.05, 0.1) is 11.6 Å². The van der Waals surface area contributed by atoms with Gasteiger partial charge in [-0.3, -0.25) is 14.9 Å². The molecule has 2 aromatic carbocycles. The summed E-state index contributed by atoms with van der Waals surface area (Å²) >= 11 is 9.57. The SMILES string of the molecule is CC(C)(C)OC(=O)N1C(=O)[C@]2(c3ccc(Cl)cc31)[C@@H](c1ccccc1Br)[C@H]2[N+](=O)[O-]. The Kier molecular flexibility index (Phi) is 4.70. The van der Waals surface area contributed by atoms with E-state index in [-0.39, 0.29) is 5.69 Å². The molecule has 0 saturated heterocycles. The fourth-order valence-corrected chi connectivity index (χ4v) is 5.02. The number of hydrogen-bond acceptors (Lipinski definition) is 5. The number of halogens is 2. The van der Waals surface area contributed by atoms with Gasteiger partial charge in [-0.1, -0.05) is 51.8 Å². The van der Waals surface area contributed by atoms with E-state index in [1.807, 2.05) is 0 Å². The Balaban J connectivity index is 1.90. The highest BCUT2D eigenvalue weighted by atomic mass is 79.9. The molecule has 0 unspecified atom stereocenters. The first-order valence-electron chi connectivity index (χ1n) is 9.25. The number of carbonyl (C=O) groups is 2. The third kappa shape index (κ3) is 2.93. The number of anilines is 1. The predicted molar refractivity (Wildman–Crippen MR) is 115 cm³/mol. The van der Waals surface area contributed by atoms with Crippen LogP contribution in [0.15, 0.2) is 46.9 Å². The lowest BCUT2D eigenvalue weighted by molar-refractivity contribution is -0.499. The maximum absolute atomic E-state index is 13.7. The van der Waals surface area contributed by atoms with Crippen molar-refractivity contribution in [2.24, 2.45) is 0 Å². The Bertz CT molecular complexity index is 1100. The van der Waals surface area contributed by atoms with E-state index >= 15 is 0 Å². The number of ether oxygens (including phenoxy) is 1. The maximum Gasteiger partial charge on any atom is 0.421 e. The van der Waals surface area contributed by atoms with Gasteiger partial charge in [0.2, 0.25) is 6.04 Å². The summed E-state index contributed by atoms with van der Waals surface area (Å²) in [7, 11) is 0. The molecule has 3 atom stereocenters. The van der Waals surface area contributed by atoms with E-state index in [2.05, 4.69) is 15.9 Å². The number of nitrogens with zero attached hydrogens (tertiary/aromatic N) is 2. The van der Waals surface area contributed by atoms with E-state index in [1.165, 1.54) is 6.07 Å². The van der Waals surface area contributed by atoms with Gasteiger partial charge in [-0.2, -0.15) is 0 Å². The molecule has 0 N–H and O–H groups in total. The molecule has 1 saturated carbocycles. The minimum Gasteiger partial charge on any atom is -0.443 e. The third-order valence-electron chi connectivity index (χ3n) is 5.41. The van der Waals surface area contributed by atoms with Gasteiger partial charge in [0.25, 0.3) is 5.91 Å². The molecule has 1 fully saturated rings. The average Bonchev–Trinajstić information content (AvgIpc) is 3.25. The Morgan fingerprint density at radius 3 is 2.53 bits per heavy atom. The van der Waals surface area contributed by atoms with Crippen molar-refractivity contribution in [1.29, 1.82) is 0 Å². The number of nitro groups is 1. The summed E-state index contributed by atoms with van der Waals surface area (Å²) in [5.74, 6) is -1.40. The first-order valence-corrected chi connectivity index (χ1v) is 10.4. The van der Waals surface area contributed by atoms with Crippen LogP contribution in [0.3, 0.4) is 0 Å². The monoisotopic (exact) mass is 492 g/mol. The van der Waals surface area contributed by atoms with Crippen LogP contribution < -0.4 is 4.90 Å². The number of amides is 2. The van der Waals surface area contributed by atoms with Gasteiger partial charge in [-0.05, 0) is 50.1 Å². The van der Waals surface area contributed by atoms with E-state index in [0.29, 0.717) is 20.6 Å². The summed E-state index contributed by atoms with van der Waals surface area (Å²) in [6, 6.07) is 10.5. The minimum atomic E-state index is -1.50. The largest absolute Gasteiger partial charge is 0.443 e. The zero-order valence-corrected chi connectivity index (χ0v) is 18.7. The quantitative estimate of drug-likeness (QED) is 0.431. The van der Waals surface area contributed by atoms with E-state index in [0.717, 1.165) is 4.90 Å². The average molecular weight is 494 g/mol. The first kappa shape index (κ1) is 20.8. The Morgan fingerprint density at radius 1 is 1.27 bits per heavy atom. The zero-order chi connectivity index (χ0) is 22.0. The van der Waals surface area contributed by atoms with Crippen LogP contribution in [0, 0.1) is 10.1 Å². The molecule has 2 amide bonds. The lowest BCUT2D eigenvalue weighted by Gasteiger charge is -2.24. The molecule has 0 bridgehead atoms. The highest BCUT2D eigenvalue weighted by Crippen LogP contribution is 2.68. The van der Waals surface area contributed by atoms with Crippen LogP contribution in [-0.2, 0) is 14.9 Å². The number of imide groups is 1. The molecule has 156 valence electrons. The highest BCUT2D eigenvalue weighted by Gasteiger charge is 2.83. The summed E-state index contributed by atoms with van der Waals surface area (Å²) in [4.78, 5) is 39.0. The van der Waals surface area contributed by atoms with Crippen molar-refractivity contribution in [3.63, 3.8) is 0 Å². The second-order valence-electron chi connectivity index (χ2n) is 8.38. The second kappa shape index (κ2) is 6.78. The van der Waals surface area contributed by atoms with Crippen LogP contribution in [-0.4, -0.2) is 28.6 Å². The molecule has 9 heteroatoms. The normalized spacial score (nSPS) is 24.7. The number of fused-ring (bicyclic) bond motifs is 2. The van der Waals surface area contributed by atoms with Gasteiger partial charge in [0.1, 0.15) is 5.60 Å². The van der Waals surface area contributed by atoms with E-state index < -0.39 is 39.9 Å². The van der Waals surface area contributed by atoms with E-state index in [4.69, 9.17) is 16.3 Å². The number of carbonyl (C=O) groups excluding carboxylic acids is 2. The topological polar surface area (TPSA) is 89.8 Å². The molecular formula is C21H18BrClN2O5. The van der Waals surface area contributed by atoms with Gasteiger partial charge in [-0.15, -0.1) is 0 Å². The highest BCUT2D eigenvalue weighted by molar-refractivity contribution is 9.10. The molecule has 7 nitrogen and oxygen atoms in total. The van der Waals surface area contributed by atoms with Crippen LogP contribution in [0.5, 0.6) is 0 Å². The predicted octanol–water partition coefficient (Wildman–Crippen LogP) is 5.06. The number of hydrogen-bond donors (Lipinski definition) is 0. The fourth-order valence-electron chi connectivity index (χ4n) is 4.32.